The standard InChI is InChI=1S/C9H5Br2N/c10-8-3-4-9(11)7(6-8)2-1-5-12/h1-4,6H. The summed E-state index contributed by atoms with van der Waals surface area (Å²) in [4.78, 5) is 0. The number of hydrogen-bond acceptors (Lipinski definition) is 1. The lowest BCUT2D eigenvalue weighted by Crippen LogP contribution is -1.74. The van der Waals surface area contributed by atoms with Crippen LogP contribution in [-0.2, 0) is 0 Å². The van der Waals surface area contributed by atoms with Gasteiger partial charge in [0.1, 0.15) is 0 Å². The van der Waals surface area contributed by atoms with Crippen LogP contribution >= 0.6 is 31.9 Å². The van der Waals surface area contributed by atoms with Gasteiger partial charge in [-0.3, -0.25) is 0 Å². The summed E-state index contributed by atoms with van der Waals surface area (Å²) in [5.41, 5.74) is 0.992. The Bertz CT molecular complexity index is 350. The third-order valence-electron chi connectivity index (χ3n) is 1.30. The summed E-state index contributed by atoms with van der Waals surface area (Å²) in [6.07, 6.45) is 3.21. The predicted octanol–water partition coefficient (Wildman–Crippen LogP) is 3.75. The molecule has 3 heteroatoms. The first-order valence-electron chi connectivity index (χ1n) is 3.25. The second-order valence-electron chi connectivity index (χ2n) is 2.13. The van der Waals surface area contributed by atoms with Crippen LogP contribution in [0.1, 0.15) is 5.56 Å². The van der Waals surface area contributed by atoms with Crippen molar-refractivity contribution in [2.24, 2.45) is 0 Å². The Morgan fingerprint density at radius 2 is 2.08 bits per heavy atom. The number of nitrogens with zero attached hydrogens (tertiary/aromatic N) is 1. The average molecular weight is 287 g/mol. The topological polar surface area (TPSA) is 23.8 Å². The zero-order valence-electron chi connectivity index (χ0n) is 6.09. The van der Waals surface area contributed by atoms with E-state index in [1.54, 1.807) is 6.08 Å². The van der Waals surface area contributed by atoms with Gasteiger partial charge in [-0.2, -0.15) is 5.26 Å². The molecule has 0 aliphatic heterocycles. The predicted molar refractivity (Wildman–Crippen MR) is 56.5 cm³/mol. The van der Waals surface area contributed by atoms with E-state index in [0.29, 0.717) is 0 Å². The summed E-state index contributed by atoms with van der Waals surface area (Å²) in [6.45, 7) is 0. The second kappa shape index (κ2) is 4.44. The van der Waals surface area contributed by atoms with Crippen molar-refractivity contribution in [3.63, 3.8) is 0 Å². The molecule has 0 aliphatic carbocycles. The fourth-order valence-corrected chi connectivity index (χ4v) is 1.53. The molecule has 0 heterocycles. The highest BCUT2D eigenvalue weighted by Gasteiger charge is 1.95. The van der Waals surface area contributed by atoms with Gasteiger partial charge in [-0.25, -0.2) is 0 Å². The molecule has 0 atom stereocenters. The highest BCUT2D eigenvalue weighted by Crippen LogP contribution is 2.22. The monoisotopic (exact) mass is 285 g/mol. The largest absolute Gasteiger partial charge is 0.193 e. The van der Waals surface area contributed by atoms with Crippen LogP contribution in [0, 0.1) is 11.3 Å². The molecule has 0 aromatic heterocycles. The lowest BCUT2D eigenvalue weighted by Gasteiger charge is -1.97. The van der Waals surface area contributed by atoms with Crippen LogP contribution in [0.3, 0.4) is 0 Å². The number of benzene rings is 1. The maximum atomic E-state index is 8.32. The Labute approximate surface area is 88.0 Å². The first kappa shape index (κ1) is 9.50. The van der Waals surface area contributed by atoms with Crippen LogP contribution in [0.2, 0.25) is 0 Å². The minimum absolute atomic E-state index is 0.984. The third-order valence-corrected chi connectivity index (χ3v) is 2.51. The van der Waals surface area contributed by atoms with Crippen molar-refractivity contribution in [3.05, 3.63) is 38.8 Å². The zero-order chi connectivity index (χ0) is 8.97. The van der Waals surface area contributed by atoms with Crippen LogP contribution in [0.25, 0.3) is 6.08 Å². The van der Waals surface area contributed by atoms with Gasteiger partial charge < -0.3 is 0 Å². The van der Waals surface area contributed by atoms with Gasteiger partial charge in [0.25, 0.3) is 0 Å². The van der Waals surface area contributed by atoms with Crippen molar-refractivity contribution in [1.29, 1.82) is 5.26 Å². The maximum Gasteiger partial charge on any atom is 0.0912 e. The number of halogens is 2. The van der Waals surface area contributed by atoms with Gasteiger partial charge in [-0.1, -0.05) is 31.9 Å². The van der Waals surface area contributed by atoms with E-state index in [0.717, 1.165) is 14.5 Å². The highest BCUT2D eigenvalue weighted by atomic mass is 79.9. The lowest BCUT2D eigenvalue weighted by molar-refractivity contribution is 1.53. The number of rotatable bonds is 1. The molecule has 0 saturated carbocycles. The summed E-state index contributed by atoms with van der Waals surface area (Å²) >= 11 is 6.73. The summed E-state index contributed by atoms with van der Waals surface area (Å²) < 4.78 is 1.99. The average Bonchev–Trinajstić information content (AvgIpc) is 2.07. The fraction of sp³-hybridized carbons (Fsp3) is 0. The smallest absolute Gasteiger partial charge is 0.0912 e. The van der Waals surface area contributed by atoms with E-state index >= 15 is 0 Å². The SMILES string of the molecule is N#CC=Cc1cc(Br)ccc1Br. The Morgan fingerprint density at radius 3 is 2.75 bits per heavy atom. The second-order valence-corrected chi connectivity index (χ2v) is 3.90. The van der Waals surface area contributed by atoms with Crippen molar-refractivity contribution in [2.75, 3.05) is 0 Å². The van der Waals surface area contributed by atoms with Crippen LogP contribution < -0.4 is 0 Å². The van der Waals surface area contributed by atoms with Crippen molar-refractivity contribution < 1.29 is 0 Å². The fourth-order valence-electron chi connectivity index (χ4n) is 0.769. The molecule has 0 amide bonds. The molecule has 12 heavy (non-hydrogen) atoms. The molecular weight excluding hydrogens is 282 g/mol. The van der Waals surface area contributed by atoms with Crippen molar-refractivity contribution in [1.82, 2.24) is 0 Å². The van der Waals surface area contributed by atoms with Crippen LogP contribution in [-0.4, -0.2) is 0 Å². The van der Waals surface area contributed by atoms with Crippen LogP contribution in [0.5, 0.6) is 0 Å². The van der Waals surface area contributed by atoms with Crippen molar-refractivity contribution in [2.45, 2.75) is 0 Å². The van der Waals surface area contributed by atoms with E-state index in [2.05, 4.69) is 31.9 Å². The first-order chi connectivity index (χ1) is 5.74. The summed E-state index contributed by atoms with van der Waals surface area (Å²) in [6, 6.07) is 7.76. The molecule has 60 valence electrons. The normalized spacial score (nSPS) is 10.1. The Hall–Kier alpha value is -0.590. The number of allylic oxidation sites excluding steroid dienone is 1. The molecule has 0 radical (unpaired) electrons. The van der Waals surface area contributed by atoms with Gasteiger partial charge >= 0.3 is 0 Å². The van der Waals surface area contributed by atoms with Gasteiger partial charge in [0.2, 0.25) is 0 Å². The molecule has 1 aromatic carbocycles. The Kier molecular flexibility index (Phi) is 3.51. The van der Waals surface area contributed by atoms with Crippen LogP contribution in [0.4, 0.5) is 0 Å². The quantitative estimate of drug-likeness (QED) is 0.722. The molecule has 0 saturated heterocycles. The molecule has 0 N–H and O–H groups in total. The van der Waals surface area contributed by atoms with Gasteiger partial charge in [0, 0.05) is 15.0 Å². The van der Waals surface area contributed by atoms with Gasteiger partial charge in [0.15, 0.2) is 0 Å². The molecule has 1 rings (SSSR count). The van der Waals surface area contributed by atoms with E-state index in [-0.39, 0.29) is 0 Å². The summed E-state index contributed by atoms with van der Waals surface area (Å²) in [7, 11) is 0. The lowest BCUT2D eigenvalue weighted by atomic mass is 10.2. The Morgan fingerprint density at radius 1 is 1.33 bits per heavy atom. The number of nitriles is 1. The van der Waals surface area contributed by atoms with Gasteiger partial charge in [-0.15, -0.1) is 0 Å². The van der Waals surface area contributed by atoms with E-state index in [1.165, 1.54) is 6.08 Å². The van der Waals surface area contributed by atoms with Crippen molar-refractivity contribution >= 4 is 37.9 Å². The van der Waals surface area contributed by atoms with E-state index in [9.17, 15) is 0 Å². The summed E-state index contributed by atoms with van der Waals surface area (Å²) in [5, 5.41) is 8.32. The number of hydrogen-bond donors (Lipinski definition) is 0. The molecular formula is C9H5Br2N. The van der Waals surface area contributed by atoms with E-state index in [1.807, 2.05) is 24.3 Å². The first-order valence-corrected chi connectivity index (χ1v) is 4.84. The molecule has 0 bridgehead atoms. The zero-order valence-corrected chi connectivity index (χ0v) is 9.26. The van der Waals surface area contributed by atoms with E-state index in [4.69, 9.17) is 5.26 Å². The van der Waals surface area contributed by atoms with Gasteiger partial charge in [-0.05, 0) is 29.8 Å². The van der Waals surface area contributed by atoms with Crippen molar-refractivity contribution in [3.8, 4) is 6.07 Å². The minimum Gasteiger partial charge on any atom is -0.193 e. The van der Waals surface area contributed by atoms with Gasteiger partial charge in [0.05, 0.1) is 6.07 Å². The molecule has 0 fully saturated rings. The molecule has 1 aromatic rings. The summed E-state index contributed by atoms with van der Waals surface area (Å²) in [5.74, 6) is 0. The van der Waals surface area contributed by atoms with E-state index < -0.39 is 0 Å². The maximum absolute atomic E-state index is 8.32. The molecule has 1 nitrogen and oxygen atoms in total. The minimum atomic E-state index is 0.984. The van der Waals surface area contributed by atoms with Crippen LogP contribution in [0.15, 0.2) is 33.2 Å². The molecule has 0 unspecified atom stereocenters. The third kappa shape index (κ3) is 2.47. The highest BCUT2D eigenvalue weighted by molar-refractivity contribution is 9.11. The Balaban J connectivity index is 3.07. The molecule has 0 aliphatic rings. The molecule has 0 spiro atoms.